The molecule has 0 aliphatic heterocycles. The van der Waals surface area contributed by atoms with Gasteiger partial charge in [-0.3, -0.25) is 9.89 Å². The fraction of sp³-hybridized carbons (Fsp3) is 0.600. The third kappa shape index (κ3) is 1.88. The third-order valence-electron chi connectivity index (χ3n) is 2.97. The molecular weight excluding hydrogens is 210 g/mol. The van der Waals surface area contributed by atoms with Crippen LogP contribution in [-0.4, -0.2) is 39.0 Å². The van der Waals surface area contributed by atoms with Gasteiger partial charge in [0.05, 0.1) is 0 Å². The van der Waals surface area contributed by atoms with E-state index in [9.17, 15) is 9.90 Å². The Balaban J connectivity index is 1.92. The number of aromatic amines is 1. The van der Waals surface area contributed by atoms with Crippen LogP contribution in [0.1, 0.15) is 29.0 Å². The van der Waals surface area contributed by atoms with Crippen molar-refractivity contribution in [3.05, 3.63) is 11.4 Å². The maximum atomic E-state index is 11.7. The zero-order valence-electron chi connectivity index (χ0n) is 9.03. The Morgan fingerprint density at radius 2 is 2.31 bits per heavy atom. The second kappa shape index (κ2) is 4.13. The van der Waals surface area contributed by atoms with Crippen LogP contribution in [0.4, 0.5) is 0 Å². The van der Waals surface area contributed by atoms with Gasteiger partial charge in [0.2, 0.25) is 0 Å². The van der Waals surface area contributed by atoms with Crippen LogP contribution in [0.25, 0.3) is 0 Å². The summed E-state index contributed by atoms with van der Waals surface area (Å²) in [5, 5.41) is 27.4. The monoisotopic (exact) mass is 225 g/mol. The molecule has 1 aromatic heterocycles. The lowest BCUT2D eigenvalue weighted by Crippen LogP contribution is -2.45. The molecule has 0 saturated heterocycles. The minimum absolute atomic E-state index is 0.0904. The van der Waals surface area contributed by atoms with Crippen molar-refractivity contribution < 1.29 is 15.0 Å². The lowest BCUT2D eigenvalue weighted by atomic mass is 9.81. The molecule has 1 heterocycles. The van der Waals surface area contributed by atoms with Gasteiger partial charge >= 0.3 is 0 Å². The molecule has 1 fully saturated rings. The first kappa shape index (κ1) is 10.9. The van der Waals surface area contributed by atoms with E-state index in [1.165, 1.54) is 0 Å². The second-order valence-corrected chi connectivity index (χ2v) is 4.22. The highest BCUT2D eigenvalue weighted by Crippen LogP contribution is 2.27. The number of aliphatic hydroxyl groups is 1. The van der Waals surface area contributed by atoms with Gasteiger partial charge in [0.15, 0.2) is 11.4 Å². The van der Waals surface area contributed by atoms with Crippen molar-refractivity contribution in [2.75, 3.05) is 6.61 Å². The SMILES string of the molecule is Cc1n[nH]c(C(=O)NC2CC(CO)C2)c1O. The van der Waals surface area contributed by atoms with Crippen molar-refractivity contribution in [1.29, 1.82) is 0 Å². The number of hydrogen-bond acceptors (Lipinski definition) is 4. The van der Waals surface area contributed by atoms with Crippen molar-refractivity contribution in [2.24, 2.45) is 5.92 Å². The smallest absolute Gasteiger partial charge is 0.273 e. The molecule has 16 heavy (non-hydrogen) atoms. The summed E-state index contributed by atoms with van der Waals surface area (Å²) in [6.07, 6.45) is 1.58. The first-order chi connectivity index (χ1) is 7.61. The molecule has 4 N–H and O–H groups in total. The van der Waals surface area contributed by atoms with Crippen LogP contribution in [0.2, 0.25) is 0 Å². The van der Waals surface area contributed by atoms with E-state index in [0.29, 0.717) is 11.6 Å². The molecule has 0 bridgehead atoms. The average molecular weight is 225 g/mol. The molecule has 1 aliphatic carbocycles. The fourth-order valence-corrected chi connectivity index (χ4v) is 1.85. The predicted octanol–water partition coefficient (Wildman–Crippen LogP) is -0.0756. The van der Waals surface area contributed by atoms with Gasteiger partial charge in [0, 0.05) is 12.6 Å². The number of aliphatic hydroxyl groups excluding tert-OH is 1. The number of H-pyrrole nitrogens is 1. The summed E-state index contributed by atoms with van der Waals surface area (Å²) < 4.78 is 0. The minimum atomic E-state index is -0.348. The van der Waals surface area contributed by atoms with Gasteiger partial charge in [-0.25, -0.2) is 0 Å². The maximum Gasteiger partial charge on any atom is 0.273 e. The number of rotatable bonds is 3. The lowest BCUT2D eigenvalue weighted by Gasteiger charge is -2.34. The van der Waals surface area contributed by atoms with Crippen molar-refractivity contribution in [2.45, 2.75) is 25.8 Å². The highest BCUT2D eigenvalue weighted by atomic mass is 16.3. The average Bonchev–Trinajstić information content (AvgIpc) is 2.53. The molecule has 0 unspecified atom stereocenters. The number of hydrogen-bond donors (Lipinski definition) is 4. The standard InChI is InChI=1S/C10H15N3O3/c1-5-9(15)8(13-12-5)10(16)11-7-2-6(3-7)4-14/h6-7,14-15H,2-4H2,1H3,(H,11,16)(H,12,13). The van der Waals surface area contributed by atoms with E-state index in [1.54, 1.807) is 6.92 Å². The van der Waals surface area contributed by atoms with Gasteiger partial charge in [-0.05, 0) is 25.7 Å². The molecule has 2 rings (SSSR count). The molecule has 1 amide bonds. The van der Waals surface area contributed by atoms with E-state index < -0.39 is 0 Å². The van der Waals surface area contributed by atoms with Gasteiger partial charge in [-0.15, -0.1) is 0 Å². The zero-order chi connectivity index (χ0) is 11.7. The van der Waals surface area contributed by atoms with Crippen molar-refractivity contribution in [1.82, 2.24) is 15.5 Å². The highest BCUT2D eigenvalue weighted by Gasteiger charge is 2.30. The Hall–Kier alpha value is -1.56. The normalized spacial score (nSPS) is 23.9. The molecular formula is C10H15N3O3. The Kier molecular flexibility index (Phi) is 2.82. The number of carbonyl (C=O) groups excluding carboxylic acids is 1. The number of aromatic hydroxyl groups is 1. The largest absolute Gasteiger partial charge is 0.504 e. The summed E-state index contributed by atoms with van der Waals surface area (Å²) >= 11 is 0. The Morgan fingerprint density at radius 1 is 1.62 bits per heavy atom. The topological polar surface area (TPSA) is 98.2 Å². The number of amides is 1. The molecule has 6 heteroatoms. The summed E-state index contributed by atoms with van der Waals surface area (Å²) in [5.74, 6) is -0.155. The molecule has 1 saturated carbocycles. The first-order valence-electron chi connectivity index (χ1n) is 5.27. The van der Waals surface area contributed by atoms with Crippen LogP contribution in [-0.2, 0) is 0 Å². The Morgan fingerprint density at radius 3 is 2.81 bits per heavy atom. The Labute approximate surface area is 92.7 Å². The number of nitrogens with one attached hydrogen (secondary N) is 2. The van der Waals surface area contributed by atoms with E-state index in [0.717, 1.165) is 12.8 Å². The first-order valence-corrected chi connectivity index (χ1v) is 5.27. The number of aryl methyl sites for hydroxylation is 1. The van der Waals surface area contributed by atoms with E-state index in [2.05, 4.69) is 15.5 Å². The van der Waals surface area contributed by atoms with Gasteiger partial charge in [-0.1, -0.05) is 0 Å². The van der Waals surface area contributed by atoms with E-state index in [4.69, 9.17) is 5.11 Å². The van der Waals surface area contributed by atoms with Crippen molar-refractivity contribution >= 4 is 5.91 Å². The van der Waals surface area contributed by atoms with Crippen molar-refractivity contribution in [3.8, 4) is 5.75 Å². The summed E-state index contributed by atoms with van der Waals surface area (Å²) in [6, 6.07) is 0.0904. The van der Waals surface area contributed by atoms with Crippen LogP contribution < -0.4 is 5.32 Å². The maximum absolute atomic E-state index is 11.7. The summed E-state index contributed by atoms with van der Waals surface area (Å²) in [6.45, 7) is 1.79. The highest BCUT2D eigenvalue weighted by molar-refractivity contribution is 5.95. The van der Waals surface area contributed by atoms with Gasteiger partial charge < -0.3 is 15.5 Å². The summed E-state index contributed by atoms with van der Waals surface area (Å²) in [7, 11) is 0. The predicted molar refractivity (Wildman–Crippen MR) is 56.1 cm³/mol. The van der Waals surface area contributed by atoms with E-state index >= 15 is 0 Å². The van der Waals surface area contributed by atoms with Gasteiger partial charge in [0.1, 0.15) is 5.69 Å². The lowest BCUT2D eigenvalue weighted by molar-refractivity contribution is 0.0825. The quantitative estimate of drug-likeness (QED) is 0.578. The molecule has 0 radical (unpaired) electrons. The van der Waals surface area contributed by atoms with Gasteiger partial charge in [0.25, 0.3) is 5.91 Å². The van der Waals surface area contributed by atoms with Crippen LogP contribution >= 0.6 is 0 Å². The van der Waals surface area contributed by atoms with Gasteiger partial charge in [-0.2, -0.15) is 5.10 Å². The number of aromatic nitrogens is 2. The molecule has 6 nitrogen and oxygen atoms in total. The van der Waals surface area contributed by atoms with Crippen LogP contribution in [0, 0.1) is 12.8 Å². The minimum Gasteiger partial charge on any atom is -0.504 e. The molecule has 0 aromatic carbocycles. The molecule has 88 valence electrons. The zero-order valence-corrected chi connectivity index (χ0v) is 9.03. The van der Waals surface area contributed by atoms with Crippen LogP contribution in [0.15, 0.2) is 0 Å². The van der Waals surface area contributed by atoms with Crippen molar-refractivity contribution in [3.63, 3.8) is 0 Å². The number of carbonyl (C=O) groups is 1. The second-order valence-electron chi connectivity index (χ2n) is 4.22. The molecule has 0 spiro atoms. The van der Waals surface area contributed by atoms with Crippen LogP contribution in [0.3, 0.4) is 0 Å². The summed E-state index contributed by atoms with van der Waals surface area (Å²) in [4.78, 5) is 11.7. The number of nitrogens with zero attached hydrogens (tertiary/aromatic N) is 1. The molecule has 1 aliphatic rings. The fourth-order valence-electron chi connectivity index (χ4n) is 1.85. The van der Waals surface area contributed by atoms with Crippen LogP contribution in [0.5, 0.6) is 5.75 Å². The molecule has 1 aromatic rings. The Bertz CT molecular complexity index is 396. The summed E-state index contributed by atoms with van der Waals surface area (Å²) in [5.41, 5.74) is 0.511. The third-order valence-corrected chi connectivity index (χ3v) is 2.97. The van der Waals surface area contributed by atoms with E-state index in [1.807, 2.05) is 0 Å². The van der Waals surface area contributed by atoms with E-state index in [-0.39, 0.29) is 30.0 Å². The molecule has 0 atom stereocenters.